The predicted octanol–water partition coefficient (Wildman–Crippen LogP) is 2.34. The number of benzene rings is 1. The molecule has 0 aliphatic heterocycles. The quantitative estimate of drug-likeness (QED) is 0.777. The molecule has 1 aromatic heterocycles. The van der Waals surface area contributed by atoms with Crippen LogP contribution in [0.4, 0.5) is 0 Å². The Morgan fingerprint density at radius 2 is 2.06 bits per heavy atom. The van der Waals surface area contributed by atoms with Gasteiger partial charge in [-0.25, -0.2) is 4.98 Å². The first-order chi connectivity index (χ1) is 8.25. The van der Waals surface area contributed by atoms with E-state index in [2.05, 4.69) is 17.1 Å². The average Bonchev–Trinajstić information content (AvgIpc) is 2.33. The molecule has 0 atom stereocenters. The van der Waals surface area contributed by atoms with E-state index in [1.807, 2.05) is 25.1 Å². The van der Waals surface area contributed by atoms with Gasteiger partial charge in [0.05, 0.1) is 6.33 Å². The van der Waals surface area contributed by atoms with Crippen LogP contribution in [0.2, 0.25) is 0 Å². The van der Waals surface area contributed by atoms with Crippen LogP contribution in [-0.2, 0) is 6.54 Å². The SMILES string of the molecule is Cc1cc(=O)n(CCSc2ccccc2)cn1. The van der Waals surface area contributed by atoms with Crippen molar-refractivity contribution in [2.75, 3.05) is 5.75 Å². The van der Waals surface area contributed by atoms with E-state index in [0.29, 0.717) is 6.54 Å². The van der Waals surface area contributed by atoms with E-state index in [1.54, 1.807) is 28.7 Å². The normalized spacial score (nSPS) is 10.4. The summed E-state index contributed by atoms with van der Waals surface area (Å²) >= 11 is 1.74. The highest BCUT2D eigenvalue weighted by Gasteiger charge is 1.98. The molecule has 0 bridgehead atoms. The van der Waals surface area contributed by atoms with Gasteiger partial charge >= 0.3 is 0 Å². The van der Waals surface area contributed by atoms with Gasteiger partial charge in [0, 0.05) is 29.0 Å². The van der Waals surface area contributed by atoms with Crippen molar-refractivity contribution in [3.63, 3.8) is 0 Å². The Morgan fingerprint density at radius 3 is 2.76 bits per heavy atom. The molecule has 0 aliphatic rings. The van der Waals surface area contributed by atoms with Crippen molar-refractivity contribution < 1.29 is 0 Å². The second kappa shape index (κ2) is 5.68. The Kier molecular flexibility index (Phi) is 3.98. The third kappa shape index (κ3) is 3.46. The van der Waals surface area contributed by atoms with Crippen molar-refractivity contribution in [1.29, 1.82) is 0 Å². The van der Waals surface area contributed by atoms with Crippen LogP contribution in [0, 0.1) is 6.92 Å². The number of hydrogen-bond acceptors (Lipinski definition) is 3. The number of aromatic nitrogens is 2. The second-order valence-corrected chi connectivity index (χ2v) is 4.89. The molecule has 0 spiro atoms. The average molecular weight is 246 g/mol. The molecule has 88 valence electrons. The molecule has 0 radical (unpaired) electrons. The Labute approximate surface area is 105 Å². The summed E-state index contributed by atoms with van der Waals surface area (Å²) in [6.45, 7) is 2.51. The van der Waals surface area contributed by atoms with Crippen LogP contribution >= 0.6 is 11.8 Å². The van der Waals surface area contributed by atoms with Crippen molar-refractivity contribution in [1.82, 2.24) is 9.55 Å². The van der Waals surface area contributed by atoms with E-state index in [4.69, 9.17) is 0 Å². The van der Waals surface area contributed by atoms with Crippen molar-refractivity contribution >= 4 is 11.8 Å². The van der Waals surface area contributed by atoms with Crippen molar-refractivity contribution in [3.05, 3.63) is 58.8 Å². The van der Waals surface area contributed by atoms with E-state index in [-0.39, 0.29) is 5.56 Å². The van der Waals surface area contributed by atoms with Crippen molar-refractivity contribution in [3.8, 4) is 0 Å². The Balaban J connectivity index is 1.93. The summed E-state index contributed by atoms with van der Waals surface area (Å²) in [5, 5.41) is 0. The zero-order chi connectivity index (χ0) is 12.1. The van der Waals surface area contributed by atoms with Gasteiger partial charge in [0.25, 0.3) is 5.56 Å². The molecule has 4 heteroatoms. The Hall–Kier alpha value is -1.55. The highest BCUT2D eigenvalue weighted by atomic mass is 32.2. The summed E-state index contributed by atoms with van der Waals surface area (Å²) in [5.41, 5.74) is 0.785. The fourth-order valence-corrected chi connectivity index (χ4v) is 2.34. The zero-order valence-corrected chi connectivity index (χ0v) is 10.5. The summed E-state index contributed by atoms with van der Waals surface area (Å²) in [5.74, 6) is 0.870. The zero-order valence-electron chi connectivity index (χ0n) is 9.67. The monoisotopic (exact) mass is 246 g/mol. The first kappa shape index (κ1) is 11.9. The van der Waals surface area contributed by atoms with Gasteiger partial charge in [0.1, 0.15) is 0 Å². The molecule has 0 amide bonds. The molecular weight excluding hydrogens is 232 g/mol. The summed E-state index contributed by atoms with van der Waals surface area (Å²) < 4.78 is 1.64. The molecule has 0 unspecified atom stereocenters. The van der Waals surface area contributed by atoms with Gasteiger partial charge in [0.2, 0.25) is 0 Å². The lowest BCUT2D eigenvalue weighted by molar-refractivity contribution is 0.709. The standard InChI is InChI=1S/C13H14N2OS/c1-11-9-13(16)15(10-14-11)7-8-17-12-5-3-2-4-6-12/h2-6,9-10H,7-8H2,1H3. The molecule has 0 saturated heterocycles. The van der Waals surface area contributed by atoms with Gasteiger partial charge in [-0.3, -0.25) is 9.36 Å². The maximum Gasteiger partial charge on any atom is 0.253 e. The third-order valence-corrected chi connectivity index (χ3v) is 3.35. The summed E-state index contributed by atoms with van der Waals surface area (Å²) in [6, 6.07) is 11.7. The maximum atomic E-state index is 11.6. The lowest BCUT2D eigenvalue weighted by atomic mass is 10.4. The van der Waals surface area contributed by atoms with Crippen LogP contribution in [0.25, 0.3) is 0 Å². The van der Waals surface area contributed by atoms with Crippen LogP contribution in [0.15, 0.2) is 52.4 Å². The minimum Gasteiger partial charge on any atom is -0.298 e. The number of nitrogens with zero attached hydrogens (tertiary/aromatic N) is 2. The van der Waals surface area contributed by atoms with Gasteiger partial charge in [0.15, 0.2) is 0 Å². The molecule has 2 aromatic rings. The van der Waals surface area contributed by atoms with Crippen LogP contribution in [0.5, 0.6) is 0 Å². The maximum absolute atomic E-state index is 11.6. The molecule has 3 nitrogen and oxygen atoms in total. The minimum atomic E-state index is 0.0196. The first-order valence-electron chi connectivity index (χ1n) is 5.46. The fraction of sp³-hybridized carbons (Fsp3) is 0.231. The molecule has 0 saturated carbocycles. The van der Waals surface area contributed by atoms with Gasteiger partial charge in [-0.1, -0.05) is 18.2 Å². The van der Waals surface area contributed by atoms with Crippen LogP contribution < -0.4 is 5.56 Å². The molecule has 2 rings (SSSR count). The first-order valence-corrected chi connectivity index (χ1v) is 6.45. The third-order valence-electron chi connectivity index (χ3n) is 2.36. The lowest BCUT2D eigenvalue weighted by Crippen LogP contribution is -2.20. The molecule has 0 N–H and O–H groups in total. The van der Waals surface area contributed by atoms with Crippen LogP contribution in [0.1, 0.15) is 5.69 Å². The van der Waals surface area contributed by atoms with E-state index in [9.17, 15) is 4.79 Å². The predicted molar refractivity (Wildman–Crippen MR) is 70.4 cm³/mol. The van der Waals surface area contributed by atoms with Gasteiger partial charge in [-0.05, 0) is 19.1 Å². The lowest BCUT2D eigenvalue weighted by Gasteiger charge is -2.05. The summed E-state index contributed by atoms with van der Waals surface area (Å²) in [4.78, 5) is 16.9. The van der Waals surface area contributed by atoms with E-state index in [0.717, 1.165) is 11.4 Å². The van der Waals surface area contributed by atoms with Crippen LogP contribution in [0.3, 0.4) is 0 Å². The minimum absolute atomic E-state index is 0.0196. The highest BCUT2D eigenvalue weighted by Crippen LogP contribution is 2.16. The molecular formula is C13H14N2OS. The van der Waals surface area contributed by atoms with E-state index >= 15 is 0 Å². The fourth-order valence-electron chi connectivity index (χ4n) is 1.46. The number of aryl methyl sites for hydroxylation is 2. The smallest absolute Gasteiger partial charge is 0.253 e. The topological polar surface area (TPSA) is 34.9 Å². The number of rotatable bonds is 4. The summed E-state index contributed by atoms with van der Waals surface area (Å²) in [6.07, 6.45) is 1.61. The van der Waals surface area contributed by atoms with Gasteiger partial charge < -0.3 is 0 Å². The largest absolute Gasteiger partial charge is 0.298 e. The van der Waals surface area contributed by atoms with Gasteiger partial charge in [-0.15, -0.1) is 11.8 Å². The Morgan fingerprint density at radius 1 is 1.29 bits per heavy atom. The van der Waals surface area contributed by atoms with Gasteiger partial charge in [-0.2, -0.15) is 0 Å². The van der Waals surface area contributed by atoms with E-state index in [1.165, 1.54) is 4.90 Å². The van der Waals surface area contributed by atoms with Crippen molar-refractivity contribution in [2.24, 2.45) is 0 Å². The van der Waals surface area contributed by atoms with Crippen LogP contribution in [-0.4, -0.2) is 15.3 Å². The molecule has 17 heavy (non-hydrogen) atoms. The number of hydrogen-bond donors (Lipinski definition) is 0. The number of thioether (sulfide) groups is 1. The van der Waals surface area contributed by atoms with E-state index < -0.39 is 0 Å². The molecule has 0 fully saturated rings. The molecule has 0 aliphatic carbocycles. The molecule has 1 heterocycles. The molecule has 1 aromatic carbocycles. The van der Waals surface area contributed by atoms with Crippen molar-refractivity contribution in [2.45, 2.75) is 18.4 Å². The highest BCUT2D eigenvalue weighted by molar-refractivity contribution is 7.99. The second-order valence-electron chi connectivity index (χ2n) is 3.72. The summed E-state index contributed by atoms with van der Waals surface area (Å²) in [7, 11) is 0. The Bertz CT molecular complexity index is 537.